The van der Waals surface area contributed by atoms with Crippen LogP contribution in [0.3, 0.4) is 0 Å². The van der Waals surface area contributed by atoms with Gasteiger partial charge < -0.3 is 9.72 Å². The predicted molar refractivity (Wildman–Crippen MR) is 107 cm³/mol. The van der Waals surface area contributed by atoms with Crippen molar-refractivity contribution in [2.45, 2.75) is 32.6 Å². The first kappa shape index (κ1) is 16.7. The summed E-state index contributed by atoms with van der Waals surface area (Å²) in [4.78, 5) is 9.33. The molecular formula is C20H21ClN6. The average Bonchev–Trinajstić information content (AvgIpc) is 3.26. The third-order valence-electron chi connectivity index (χ3n) is 5.31. The van der Waals surface area contributed by atoms with E-state index in [0.29, 0.717) is 10.9 Å². The minimum atomic E-state index is 0.497. The van der Waals surface area contributed by atoms with Crippen molar-refractivity contribution in [3.8, 4) is 11.3 Å². The zero-order valence-corrected chi connectivity index (χ0v) is 16.2. The van der Waals surface area contributed by atoms with Gasteiger partial charge in [-0.2, -0.15) is 5.10 Å². The molecule has 1 saturated heterocycles. The van der Waals surface area contributed by atoms with Gasteiger partial charge >= 0.3 is 0 Å². The number of hydrogen-bond acceptors (Lipinski definition) is 4. The van der Waals surface area contributed by atoms with Gasteiger partial charge in [0.2, 0.25) is 0 Å². The maximum absolute atomic E-state index is 6.58. The van der Waals surface area contributed by atoms with E-state index in [1.54, 1.807) is 0 Å². The van der Waals surface area contributed by atoms with Crippen LogP contribution in [0.1, 0.15) is 35.7 Å². The number of hydrogen-bond donors (Lipinski definition) is 1. The Morgan fingerprint density at radius 2 is 1.85 bits per heavy atom. The van der Waals surface area contributed by atoms with E-state index in [4.69, 9.17) is 21.7 Å². The third-order valence-corrected chi connectivity index (χ3v) is 5.59. The van der Waals surface area contributed by atoms with Gasteiger partial charge in [0, 0.05) is 23.9 Å². The molecule has 0 amide bonds. The van der Waals surface area contributed by atoms with Crippen LogP contribution < -0.4 is 5.32 Å². The lowest BCUT2D eigenvalue weighted by Gasteiger charge is -2.20. The number of rotatable bonds is 2. The second-order valence-corrected chi connectivity index (χ2v) is 7.77. The van der Waals surface area contributed by atoms with Crippen LogP contribution in [0.4, 0.5) is 0 Å². The van der Waals surface area contributed by atoms with E-state index in [0.717, 1.165) is 65.4 Å². The van der Waals surface area contributed by atoms with E-state index in [1.807, 2.05) is 28.1 Å². The molecule has 27 heavy (non-hydrogen) atoms. The van der Waals surface area contributed by atoms with Gasteiger partial charge in [-0.05, 0) is 57.5 Å². The second-order valence-electron chi connectivity index (χ2n) is 7.36. The highest BCUT2D eigenvalue weighted by molar-refractivity contribution is 6.33. The number of halogens is 1. The van der Waals surface area contributed by atoms with Crippen LogP contribution in [0, 0.1) is 13.8 Å². The van der Waals surface area contributed by atoms with E-state index < -0.39 is 0 Å². The summed E-state index contributed by atoms with van der Waals surface area (Å²) in [6, 6.07) is 4.01. The van der Waals surface area contributed by atoms with E-state index in [9.17, 15) is 0 Å². The lowest BCUT2D eigenvalue weighted by Crippen LogP contribution is -2.26. The Morgan fingerprint density at radius 3 is 2.67 bits per heavy atom. The third kappa shape index (κ3) is 2.89. The quantitative estimate of drug-likeness (QED) is 0.575. The highest BCUT2D eigenvalue weighted by Gasteiger charge is 2.19. The van der Waals surface area contributed by atoms with E-state index in [-0.39, 0.29) is 0 Å². The summed E-state index contributed by atoms with van der Waals surface area (Å²) in [6.07, 6.45) is 8.36. The molecule has 0 aliphatic carbocycles. The van der Waals surface area contributed by atoms with Crippen molar-refractivity contribution in [2.24, 2.45) is 0 Å². The Balaban J connectivity index is 1.61. The molecular weight excluding hydrogens is 360 g/mol. The number of pyridine rings is 1. The minimum Gasteiger partial charge on any atom is -0.317 e. The first-order valence-electron chi connectivity index (χ1n) is 9.31. The number of aryl methyl sites for hydroxylation is 2. The smallest absolute Gasteiger partial charge is 0.156 e. The summed E-state index contributed by atoms with van der Waals surface area (Å²) in [5.74, 6) is 0.497. The molecule has 1 N–H and O–H groups in total. The molecule has 1 aliphatic rings. The molecule has 5 rings (SSSR count). The van der Waals surface area contributed by atoms with Gasteiger partial charge in [0.05, 0.1) is 28.3 Å². The average molecular weight is 381 g/mol. The maximum Gasteiger partial charge on any atom is 0.156 e. The van der Waals surface area contributed by atoms with Crippen LogP contribution >= 0.6 is 11.6 Å². The molecule has 4 aromatic heterocycles. The van der Waals surface area contributed by atoms with Crippen molar-refractivity contribution < 1.29 is 0 Å². The number of aromatic nitrogens is 5. The topological polar surface area (TPSA) is 59.5 Å². The second kappa shape index (κ2) is 6.32. The molecule has 0 radical (unpaired) electrons. The molecule has 7 heteroatoms. The van der Waals surface area contributed by atoms with Gasteiger partial charge in [0.1, 0.15) is 0 Å². The van der Waals surface area contributed by atoms with Crippen molar-refractivity contribution >= 4 is 22.9 Å². The molecule has 0 atom stereocenters. The SMILES string of the molecule is Cc1cn2nc(-c3cc(Cl)c4nc(C5CCNCC5)cn4c3)cc(C)c2n1. The van der Waals surface area contributed by atoms with Crippen molar-refractivity contribution in [3.63, 3.8) is 0 Å². The van der Waals surface area contributed by atoms with Crippen LogP contribution in [-0.2, 0) is 0 Å². The number of nitrogens with zero attached hydrogens (tertiary/aromatic N) is 5. The Bertz CT molecular complexity index is 1150. The fourth-order valence-electron chi connectivity index (χ4n) is 3.92. The molecule has 6 nitrogen and oxygen atoms in total. The van der Waals surface area contributed by atoms with Crippen molar-refractivity contribution in [1.82, 2.24) is 29.3 Å². The molecule has 5 heterocycles. The lowest BCUT2D eigenvalue weighted by molar-refractivity contribution is 0.454. The van der Waals surface area contributed by atoms with Crippen LogP contribution in [0.25, 0.3) is 22.6 Å². The molecule has 0 spiro atoms. The molecule has 4 aromatic rings. The summed E-state index contributed by atoms with van der Waals surface area (Å²) in [6.45, 7) is 6.13. The summed E-state index contributed by atoms with van der Waals surface area (Å²) in [7, 11) is 0. The maximum atomic E-state index is 6.58. The van der Waals surface area contributed by atoms with Crippen LogP contribution in [-0.4, -0.2) is 37.1 Å². The van der Waals surface area contributed by atoms with Gasteiger partial charge in [-0.1, -0.05) is 11.6 Å². The molecule has 1 fully saturated rings. The molecule has 0 saturated carbocycles. The molecule has 138 valence electrons. The van der Waals surface area contributed by atoms with E-state index in [1.165, 1.54) is 0 Å². The summed E-state index contributed by atoms with van der Waals surface area (Å²) in [5.41, 5.74) is 6.71. The van der Waals surface area contributed by atoms with Gasteiger partial charge in [0.15, 0.2) is 11.3 Å². The van der Waals surface area contributed by atoms with Crippen molar-refractivity contribution in [3.05, 3.63) is 52.7 Å². The highest BCUT2D eigenvalue weighted by Crippen LogP contribution is 2.30. The Morgan fingerprint density at radius 1 is 1.04 bits per heavy atom. The Hall–Kier alpha value is -2.44. The number of nitrogens with one attached hydrogen (secondary N) is 1. The lowest BCUT2D eigenvalue weighted by atomic mass is 9.95. The van der Waals surface area contributed by atoms with Gasteiger partial charge in [0.25, 0.3) is 0 Å². The number of fused-ring (bicyclic) bond motifs is 2. The highest BCUT2D eigenvalue weighted by atomic mass is 35.5. The summed E-state index contributed by atoms with van der Waals surface area (Å²) in [5, 5.41) is 8.78. The fourth-order valence-corrected chi connectivity index (χ4v) is 4.17. The first-order chi connectivity index (χ1) is 13.1. The van der Waals surface area contributed by atoms with Gasteiger partial charge in [-0.25, -0.2) is 14.5 Å². The molecule has 1 aliphatic heterocycles. The monoisotopic (exact) mass is 380 g/mol. The Labute approximate surface area is 162 Å². The van der Waals surface area contributed by atoms with E-state index in [2.05, 4.69) is 35.7 Å². The van der Waals surface area contributed by atoms with Crippen LogP contribution in [0.2, 0.25) is 5.02 Å². The number of imidazole rings is 2. The molecule has 0 aromatic carbocycles. The largest absolute Gasteiger partial charge is 0.317 e. The van der Waals surface area contributed by atoms with Crippen LogP contribution in [0.5, 0.6) is 0 Å². The summed E-state index contributed by atoms with van der Waals surface area (Å²) < 4.78 is 3.88. The van der Waals surface area contributed by atoms with Gasteiger partial charge in [-0.3, -0.25) is 0 Å². The first-order valence-corrected chi connectivity index (χ1v) is 9.69. The Kier molecular flexibility index (Phi) is 3.91. The van der Waals surface area contributed by atoms with Crippen LogP contribution in [0.15, 0.2) is 30.7 Å². The molecule has 0 bridgehead atoms. The zero-order chi connectivity index (χ0) is 18.5. The summed E-state index contributed by atoms with van der Waals surface area (Å²) >= 11 is 6.58. The van der Waals surface area contributed by atoms with Crippen molar-refractivity contribution in [1.29, 1.82) is 0 Å². The number of piperidine rings is 1. The molecule has 0 unspecified atom stereocenters. The predicted octanol–water partition coefficient (Wildman–Crippen LogP) is 3.78. The fraction of sp³-hybridized carbons (Fsp3) is 0.350. The normalized spacial score (nSPS) is 15.8. The van der Waals surface area contributed by atoms with E-state index >= 15 is 0 Å². The van der Waals surface area contributed by atoms with Gasteiger partial charge in [-0.15, -0.1) is 0 Å². The van der Waals surface area contributed by atoms with Crippen molar-refractivity contribution in [2.75, 3.05) is 13.1 Å². The standard InChI is InChI=1S/C20H21ClN6/c1-12-7-17(25-27-9-13(2)23-19(12)27)15-8-16(21)20-24-18(11-26(20)10-15)14-3-5-22-6-4-14/h7-11,14,22H,3-6H2,1-2H3. The zero-order valence-electron chi connectivity index (χ0n) is 15.4. The minimum absolute atomic E-state index is 0.497.